The van der Waals surface area contributed by atoms with Crippen LogP contribution in [0.1, 0.15) is 25.3 Å². The minimum absolute atomic E-state index is 0.0281. The fraction of sp³-hybridized carbons (Fsp3) is 0.353. The van der Waals surface area contributed by atoms with Crippen LogP contribution in [0.4, 0.5) is 8.78 Å². The van der Waals surface area contributed by atoms with Crippen molar-refractivity contribution in [3.05, 3.63) is 53.7 Å². The standard InChI is InChI=1S/C17H18F2N2O3S/c1-2-24-17-9-8-13(10-20-17)25(22,23)21(12-6-7-12)11-14-15(18)4-3-5-16(14)19/h3-5,8-10,12H,2,6-7,11H2,1H3. The van der Waals surface area contributed by atoms with Crippen molar-refractivity contribution < 1.29 is 21.9 Å². The number of hydrogen-bond donors (Lipinski definition) is 0. The lowest BCUT2D eigenvalue weighted by molar-refractivity contribution is 0.326. The molecule has 1 aromatic carbocycles. The second kappa shape index (κ2) is 7.05. The van der Waals surface area contributed by atoms with Gasteiger partial charge in [0.05, 0.1) is 12.8 Å². The molecule has 0 amide bonds. The zero-order chi connectivity index (χ0) is 18.0. The Hall–Kier alpha value is -2.06. The van der Waals surface area contributed by atoms with Crippen LogP contribution >= 0.6 is 0 Å². The molecule has 8 heteroatoms. The van der Waals surface area contributed by atoms with E-state index in [0.717, 1.165) is 16.4 Å². The van der Waals surface area contributed by atoms with Crippen molar-refractivity contribution in [3.8, 4) is 5.88 Å². The first kappa shape index (κ1) is 17.8. The van der Waals surface area contributed by atoms with Gasteiger partial charge in [-0.25, -0.2) is 22.2 Å². The van der Waals surface area contributed by atoms with Gasteiger partial charge < -0.3 is 4.74 Å². The Balaban J connectivity index is 1.91. The monoisotopic (exact) mass is 368 g/mol. The molecule has 134 valence electrons. The summed E-state index contributed by atoms with van der Waals surface area (Å²) in [6.45, 7) is 1.86. The van der Waals surface area contributed by atoms with Crippen LogP contribution in [0.2, 0.25) is 0 Å². The topological polar surface area (TPSA) is 59.5 Å². The molecule has 2 aromatic rings. The van der Waals surface area contributed by atoms with Gasteiger partial charge in [-0.2, -0.15) is 4.31 Å². The van der Waals surface area contributed by atoms with Gasteiger partial charge in [-0.05, 0) is 38.0 Å². The van der Waals surface area contributed by atoms with Gasteiger partial charge in [-0.3, -0.25) is 0 Å². The molecule has 0 spiro atoms. The highest BCUT2D eigenvalue weighted by Crippen LogP contribution is 2.34. The van der Waals surface area contributed by atoms with Crippen molar-refractivity contribution in [2.75, 3.05) is 6.61 Å². The summed E-state index contributed by atoms with van der Waals surface area (Å²) in [7, 11) is -3.92. The maximum Gasteiger partial charge on any atom is 0.245 e. The molecular weight excluding hydrogens is 350 g/mol. The van der Waals surface area contributed by atoms with Crippen LogP contribution in [-0.4, -0.2) is 30.4 Å². The number of hydrogen-bond acceptors (Lipinski definition) is 4. The number of rotatable bonds is 7. The molecule has 0 aliphatic heterocycles. The third-order valence-corrected chi connectivity index (χ3v) is 5.82. The van der Waals surface area contributed by atoms with Crippen LogP contribution in [0.15, 0.2) is 41.4 Å². The summed E-state index contributed by atoms with van der Waals surface area (Å²) in [5.41, 5.74) is -0.253. The van der Waals surface area contributed by atoms with Crippen LogP contribution < -0.4 is 4.74 Å². The molecule has 25 heavy (non-hydrogen) atoms. The Kier molecular flexibility index (Phi) is 5.01. The number of nitrogens with zero attached hydrogens (tertiary/aromatic N) is 2. The largest absolute Gasteiger partial charge is 0.478 e. The van der Waals surface area contributed by atoms with Gasteiger partial charge in [0.1, 0.15) is 16.5 Å². The fourth-order valence-corrected chi connectivity index (χ4v) is 4.10. The molecule has 1 saturated carbocycles. The molecule has 0 radical (unpaired) electrons. The molecule has 0 bridgehead atoms. The molecule has 1 aliphatic carbocycles. The van der Waals surface area contributed by atoms with E-state index >= 15 is 0 Å². The van der Waals surface area contributed by atoms with E-state index in [1.54, 1.807) is 6.92 Å². The van der Waals surface area contributed by atoms with E-state index in [1.165, 1.54) is 24.4 Å². The van der Waals surface area contributed by atoms with Crippen molar-refractivity contribution in [1.29, 1.82) is 0 Å². The molecule has 0 unspecified atom stereocenters. The molecule has 1 fully saturated rings. The fourth-order valence-electron chi connectivity index (χ4n) is 2.50. The van der Waals surface area contributed by atoms with Crippen molar-refractivity contribution >= 4 is 10.0 Å². The summed E-state index contributed by atoms with van der Waals surface area (Å²) in [6, 6.07) is 6.09. The van der Waals surface area contributed by atoms with Crippen molar-refractivity contribution in [3.63, 3.8) is 0 Å². The van der Waals surface area contributed by atoms with Crippen molar-refractivity contribution in [1.82, 2.24) is 9.29 Å². The quantitative estimate of drug-likeness (QED) is 0.753. The maximum absolute atomic E-state index is 13.9. The minimum Gasteiger partial charge on any atom is -0.478 e. The molecule has 0 N–H and O–H groups in total. The van der Waals surface area contributed by atoms with Gasteiger partial charge in [0.2, 0.25) is 15.9 Å². The molecule has 0 atom stereocenters. The van der Waals surface area contributed by atoms with E-state index in [-0.39, 0.29) is 23.0 Å². The summed E-state index contributed by atoms with van der Waals surface area (Å²) in [5.74, 6) is -1.20. The second-order valence-corrected chi connectivity index (χ2v) is 7.64. The lowest BCUT2D eigenvalue weighted by atomic mass is 10.2. The zero-order valence-corrected chi connectivity index (χ0v) is 14.5. The number of halogens is 2. The summed E-state index contributed by atoms with van der Waals surface area (Å²) in [5, 5.41) is 0. The maximum atomic E-state index is 13.9. The predicted octanol–water partition coefficient (Wildman–Crippen LogP) is 3.11. The lowest BCUT2D eigenvalue weighted by Gasteiger charge is -2.22. The number of pyridine rings is 1. The SMILES string of the molecule is CCOc1ccc(S(=O)(=O)N(Cc2c(F)cccc2F)C2CC2)cn1. The van der Waals surface area contributed by atoms with Crippen LogP contribution in [0, 0.1) is 11.6 Å². The minimum atomic E-state index is -3.92. The number of ether oxygens (including phenoxy) is 1. The van der Waals surface area contributed by atoms with Crippen LogP contribution in [0.25, 0.3) is 0 Å². The van der Waals surface area contributed by atoms with Crippen molar-refractivity contribution in [2.45, 2.75) is 37.2 Å². The summed E-state index contributed by atoms with van der Waals surface area (Å²) >= 11 is 0. The predicted molar refractivity (Wildman–Crippen MR) is 87.5 cm³/mol. The van der Waals surface area contributed by atoms with Crippen LogP contribution in [-0.2, 0) is 16.6 Å². The molecule has 1 heterocycles. The van der Waals surface area contributed by atoms with Crippen LogP contribution in [0.3, 0.4) is 0 Å². The molecule has 1 aliphatic rings. The van der Waals surface area contributed by atoms with E-state index in [1.807, 2.05) is 0 Å². The molecule has 5 nitrogen and oxygen atoms in total. The molecule has 3 rings (SSSR count). The van der Waals surface area contributed by atoms with E-state index < -0.39 is 21.7 Å². The molecule has 0 saturated heterocycles. The normalized spacial score (nSPS) is 14.7. The Morgan fingerprint density at radius 3 is 2.40 bits per heavy atom. The smallest absolute Gasteiger partial charge is 0.245 e. The first-order valence-corrected chi connectivity index (χ1v) is 9.41. The average Bonchev–Trinajstić information content (AvgIpc) is 3.40. The lowest BCUT2D eigenvalue weighted by Crippen LogP contribution is -2.33. The number of sulfonamides is 1. The Bertz CT molecular complexity index is 832. The summed E-state index contributed by atoms with van der Waals surface area (Å²) < 4.78 is 60.0. The first-order chi connectivity index (χ1) is 11.9. The highest BCUT2D eigenvalue weighted by molar-refractivity contribution is 7.89. The van der Waals surface area contributed by atoms with Gasteiger partial charge in [0.15, 0.2) is 0 Å². The van der Waals surface area contributed by atoms with E-state index in [2.05, 4.69) is 4.98 Å². The third-order valence-electron chi connectivity index (χ3n) is 3.94. The van der Waals surface area contributed by atoms with Crippen LogP contribution in [0.5, 0.6) is 5.88 Å². The van der Waals surface area contributed by atoms with Gasteiger partial charge >= 0.3 is 0 Å². The molecule has 1 aromatic heterocycles. The van der Waals surface area contributed by atoms with E-state index in [9.17, 15) is 17.2 Å². The number of aromatic nitrogens is 1. The zero-order valence-electron chi connectivity index (χ0n) is 13.7. The Morgan fingerprint density at radius 1 is 1.20 bits per heavy atom. The highest BCUT2D eigenvalue weighted by Gasteiger charge is 2.39. The van der Waals surface area contributed by atoms with Gasteiger partial charge in [0, 0.05) is 24.2 Å². The summed E-state index contributed by atoms with van der Waals surface area (Å²) in [4.78, 5) is 3.93. The Labute approximate surface area is 145 Å². The first-order valence-electron chi connectivity index (χ1n) is 7.97. The molecular formula is C17H18F2N2O3S. The van der Waals surface area contributed by atoms with Gasteiger partial charge in [-0.1, -0.05) is 6.07 Å². The highest BCUT2D eigenvalue weighted by atomic mass is 32.2. The second-order valence-electron chi connectivity index (χ2n) is 5.75. The third kappa shape index (κ3) is 3.80. The van der Waals surface area contributed by atoms with E-state index in [4.69, 9.17) is 4.74 Å². The van der Waals surface area contributed by atoms with E-state index in [0.29, 0.717) is 25.3 Å². The van der Waals surface area contributed by atoms with Gasteiger partial charge in [0.25, 0.3) is 0 Å². The summed E-state index contributed by atoms with van der Waals surface area (Å²) in [6.07, 6.45) is 2.53. The Morgan fingerprint density at radius 2 is 1.88 bits per heavy atom. The average molecular weight is 368 g/mol. The number of benzene rings is 1. The van der Waals surface area contributed by atoms with Crippen molar-refractivity contribution in [2.24, 2.45) is 0 Å². The van der Waals surface area contributed by atoms with Gasteiger partial charge in [-0.15, -0.1) is 0 Å².